The zero-order valence-electron chi connectivity index (χ0n) is 11.5. The summed E-state index contributed by atoms with van der Waals surface area (Å²) in [6, 6.07) is 5.39. The molecular weight excluding hydrogens is 296 g/mol. The summed E-state index contributed by atoms with van der Waals surface area (Å²) in [5.41, 5.74) is 2.27. The Balaban J connectivity index is 2.30. The Kier molecular flexibility index (Phi) is 4.57. The highest BCUT2D eigenvalue weighted by Gasteiger charge is 2.17. The number of carbonyl (C=O) groups excluding carboxylic acids is 1. The number of carbonyl (C=O) groups is 1. The van der Waals surface area contributed by atoms with Gasteiger partial charge in [0.2, 0.25) is 0 Å². The van der Waals surface area contributed by atoms with Crippen LogP contribution in [0.5, 0.6) is 0 Å². The third-order valence-electron chi connectivity index (χ3n) is 2.79. The molecule has 1 aromatic heterocycles. The largest absolute Gasteiger partial charge is 0.376 e. The Morgan fingerprint density at radius 2 is 2.20 bits per heavy atom. The van der Waals surface area contributed by atoms with E-state index in [1.807, 2.05) is 32.0 Å². The van der Waals surface area contributed by atoms with Crippen LogP contribution in [0, 0.1) is 0 Å². The summed E-state index contributed by atoms with van der Waals surface area (Å²) in [7, 11) is 3.81. The average molecular weight is 311 g/mol. The van der Waals surface area contributed by atoms with Crippen LogP contribution in [-0.2, 0) is 6.42 Å². The predicted octanol–water partition coefficient (Wildman–Crippen LogP) is 3.07. The molecule has 7 heteroatoms. The highest BCUT2D eigenvalue weighted by atomic mass is 35.5. The third-order valence-corrected chi connectivity index (χ3v) is 3.79. The molecule has 1 aromatic carbocycles. The lowest BCUT2D eigenvalue weighted by atomic mass is 10.2. The number of nitrogens with one attached hydrogen (secondary N) is 1. The SMILES string of the molecule is CCc1nnsc1C(=O)Nc1cc(Cl)ccc1N(C)C. The molecule has 2 rings (SSSR count). The molecule has 0 atom stereocenters. The molecule has 106 valence electrons. The lowest BCUT2D eigenvalue weighted by molar-refractivity contribution is 0.102. The fourth-order valence-corrected chi connectivity index (χ4v) is 2.61. The second kappa shape index (κ2) is 6.19. The van der Waals surface area contributed by atoms with Gasteiger partial charge in [0.05, 0.1) is 17.1 Å². The lowest BCUT2D eigenvalue weighted by Crippen LogP contribution is -2.17. The van der Waals surface area contributed by atoms with Crippen LogP contribution in [0.4, 0.5) is 11.4 Å². The molecule has 0 aliphatic rings. The number of aryl methyl sites for hydroxylation is 1. The van der Waals surface area contributed by atoms with Gasteiger partial charge < -0.3 is 10.2 Å². The number of halogens is 1. The van der Waals surface area contributed by atoms with Gasteiger partial charge in [0.1, 0.15) is 4.88 Å². The molecule has 0 unspecified atom stereocenters. The van der Waals surface area contributed by atoms with Crippen LogP contribution in [0.2, 0.25) is 5.02 Å². The van der Waals surface area contributed by atoms with Crippen LogP contribution < -0.4 is 10.2 Å². The van der Waals surface area contributed by atoms with Gasteiger partial charge >= 0.3 is 0 Å². The van der Waals surface area contributed by atoms with Crippen molar-refractivity contribution in [2.45, 2.75) is 13.3 Å². The topological polar surface area (TPSA) is 58.1 Å². The maximum absolute atomic E-state index is 12.3. The van der Waals surface area contributed by atoms with Crippen molar-refractivity contribution >= 4 is 40.4 Å². The zero-order chi connectivity index (χ0) is 14.7. The van der Waals surface area contributed by atoms with Crippen molar-refractivity contribution in [2.75, 3.05) is 24.3 Å². The number of benzene rings is 1. The Morgan fingerprint density at radius 1 is 1.45 bits per heavy atom. The number of hydrogen-bond donors (Lipinski definition) is 1. The van der Waals surface area contributed by atoms with Gasteiger partial charge in [0.25, 0.3) is 5.91 Å². The predicted molar refractivity (Wildman–Crippen MR) is 83.0 cm³/mol. The number of nitrogens with zero attached hydrogens (tertiary/aromatic N) is 3. The zero-order valence-corrected chi connectivity index (χ0v) is 13.0. The maximum Gasteiger partial charge on any atom is 0.269 e. The summed E-state index contributed by atoms with van der Waals surface area (Å²) in [4.78, 5) is 14.8. The molecule has 0 radical (unpaired) electrons. The highest BCUT2D eigenvalue weighted by molar-refractivity contribution is 7.08. The quantitative estimate of drug-likeness (QED) is 0.943. The van der Waals surface area contributed by atoms with Gasteiger partial charge in [-0.05, 0) is 36.2 Å². The first-order chi connectivity index (χ1) is 9.52. The van der Waals surface area contributed by atoms with Gasteiger partial charge in [-0.25, -0.2) is 0 Å². The molecular formula is C13H15ClN4OS. The standard InChI is InChI=1S/C13H15ClN4OS/c1-4-9-12(20-17-16-9)13(19)15-10-7-8(14)5-6-11(10)18(2)3/h5-7H,4H2,1-3H3,(H,15,19). The van der Waals surface area contributed by atoms with E-state index >= 15 is 0 Å². The van der Waals surface area contributed by atoms with Crippen LogP contribution >= 0.6 is 23.1 Å². The van der Waals surface area contributed by atoms with E-state index in [0.29, 0.717) is 27.7 Å². The molecule has 1 heterocycles. The molecule has 0 bridgehead atoms. The molecule has 0 saturated heterocycles. The van der Waals surface area contributed by atoms with E-state index in [9.17, 15) is 4.79 Å². The minimum Gasteiger partial charge on any atom is -0.376 e. The van der Waals surface area contributed by atoms with Crippen molar-refractivity contribution in [1.29, 1.82) is 0 Å². The van der Waals surface area contributed by atoms with Gasteiger partial charge in [0.15, 0.2) is 0 Å². The van der Waals surface area contributed by atoms with Crippen LogP contribution in [0.25, 0.3) is 0 Å². The number of amides is 1. The van der Waals surface area contributed by atoms with Crippen molar-refractivity contribution in [3.8, 4) is 0 Å². The molecule has 0 spiro atoms. The summed E-state index contributed by atoms with van der Waals surface area (Å²) < 4.78 is 3.83. The Morgan fingerprint density at radius 3 is 2.85 bits per heavy atom. The maximum atomic E-state index is 12.3. The molecule has 0 aliphatic carbocycles. The molecule has 0 aliphatic heterocycles. The Labute approximate surface area is 126 Å². The first-order valence-corrected chi connectivity index (χ1v) is 7.27. The van der Waals surface area contributed by atoms with Crippen LogP contribution in [-0.4, -0.2) is 29.6 Å². The second-order valence-corrected chi connectivity index (χ2v) is 5.60. The molecule has 0 saturated carbocycles. The molecule has 1 N–H and O–H groups in total. The number of hydrogen-bond acceptors (Lipinski definition) is 5. The van der Waals surface area contributed by atoms with E-state index in [2.05, 4.69) is 14.9 Å². The summed E-state index contributed by atoms with van der Waals surface area (Å²) in [6.07, 6.45) is 0.676. The average Bonchev–Trinajstić information content (AvgIpc) is 2.86. The van der Waals surface area contributed by atoms with E-state index in [1.54, 1.807) is 12.1 Å². The third kappa shape index (κ3) is 3.08. The fourth-order valence-electron chi connectivity index (χ4n) is 1.79. The van der Waals surface area contributed by atoms with Gasteiger partial charge in [-0.2, -0.15) is 0 Å². The van der Waals surface area contributed by atoms with Crippen molar-refractivity contribution in [1.82, 2.24) is 9.59 Å². The minimum absolute atomic E-state index is 0.206. The molecule has 0 fully saturated rings. The summed E-state index contributed by atoms with van der Waals surface area (Å²) in [5, 5.41) is 7.39. The Hall–Kier alpha value is -1.66. The fraction of sp³-hybridized carbons (Fsp3) is 0.308. The Bertz CT molecular complexity index is 627. The van der Waals surface area contributed by atoms with Gasteiger partial charge in [0, 0.05) is 19.1 Å². The second-order valence-electron chi connectivity index (χ2n) is 4.41. The lowest BCUT2D eigenvalue weighted by Gasteiger charge is -2.18. The van der Waals surface area contributed by atoms with E-state index < -0.39 is 0 Å². The van der Waals surface area contributed by atoms with Gasteiger partial charge in [-0.1, -0.05) is 23.0 Å². The number of rotatable bonds is 4. The van der Waals surface area contributed by atoms with E-state index in [0.717, 1.165) is 17.2 Å². The molecule has 1 amide bonds. The van der Waals surface area contributed by atoms with Gasteiger partial charge in [-0.15, -0.1) is 5.10 Å². The molecule has 20 heavy (non-hydrogen) atoms. The van der Waals surface area contributed by atoms with Crippen LogP contribution in [0.1, 0.15) is 22.3 Å². The normalized spacial score (nSPS) is 10.4. The van der Waals surface area contributed by atoms with Crippen molar-refractivity contribution in [3.05, 3.63) is 33.8 Å². The van der Waals surface area contributed by atoms with Crippen molar-refractivity contribution < 1.29 is 4.79 Å². The minimum atomic E-state index is -0.206. The van der Waals surface area contributed by atoms with Crippen LogP contribution in [0.15, 0.2) is 18.2 Å². The first kappa shape index (κ1) is 14.7. The van der Waals surface area contributed by atoms with E-state index in [1.165, 1.54) is 0 Å². The van der Waals surface area contributed by atoms with E-state index in [4.69, 9.17) is 11.6 Å². The van der Waals surface area contributed by atoms with Crippen molar-refractivity contribution in [3.63, 3.8) is 0 Å². The van der Waals surface area contributed by atoms with Crippen molar-refractivity contribution in [2.24, 2.45) is 0 Å². The monoisotopic (exact) mass is 310 g/mol. The summed E-state index contributed by atoms with van der Waals surface area (Å²) >= 11 is 7.10. The van der Waals surface area contributed by atoms with Gasteiger partial charge in [-0.3, -0.25) is 4.79 Å². The first-order valence-electron chi connectivity index (χ1n) is 6.12. The number of aromatic nitrogens is 2. The highest BCUT2D eigenvalue weighted by Crippen LogP contribution is 2.28. The molecule has 2 aromatic rings. The summed E-state index contributed by atoms with van der Waals surface area (Å²) in [5.74, 6) is -0.206. The smallest absolute Gasteiger partial charge is 0.269 e. The number of anilines is 2. The van der Waals surface area contributed by atoms with E-state index in [-0.39, 0.29) is 5.91 Å². The summed E-state index contributed by atoms with van der Waals surface area (Å²) in [6.45, 7) is 1.94. The van der Waals surface area contributed by atoms with Crippen LogP contribution in [0.3, 0.4) is 0 Å². The molecule has 5 nitrogen and oxygen atoms in total.